The van der Waals surface area contributed by atoms with Crippen molar-refractivity contribution in [3.63, 3.8) is 0 Å². The molecule has 0 unspecified atom stereocenters. The van der Waals surface area contributed by atoms with Gasteiger partial charge in [0.2, 0.25) is 5.60 Å². The Hall–Kier alpha value is -1.88. The van der Waals surface area contributed by atoms with Crippen LogP contribution in [0.3, 0.4) is 0 Å². The number of benzene rings is 1. The van der Waals surface area contributed by atoms with Gasteiger partial charge in [-0.15, -0.1) is 0 Å². The van der Waals surface area contributed by atoms with Crippen LogP contribution in [0.1, 0.15) is 12.0 Å². The summed E-state index contributed by atoms with van der Waals surface area (Å²) in [6.07, 6.45) is -0.0615. The molecule has 1 fully saturated rings. The topological polar surface area (TPSA) is 77.8 Å². The Morgan fingerprint density at radius 3 is 2.53 bits per heavy atom. The smallest absolute Gasteiger partial charge is 0.345 e. The summed E-state index contributed by atoms with van der Waals surface area (Å²) in [6.45, 7) is 0.589. The Morgan fingerprint density at radius 2 is 2.00 bits per heavy atom. The first-order chi connectivity index (χ1) is 8.04. The maximum absolute atomic E-state index is 11.8. The largest absolute Gasteiger partial charge is 0.479 e. The molecule has 5 nitrogen and oxygen atoms in total. The Kier molecular flexibility index (Phi) is 2.85. The Balaban J connectivity index is 2.11. The standard InChI is InChI=1S/C12H13NO4/c14-10-12(17,11(15)16)6-7-13(10)8-9-4-2-1-3-5-9/h1-5,17H,6-8H2,(H,15,16)/t12-/m0/s1. The highest BCUT2D eigenvalue weighted by molar-refractivity contribution is 6.06. The van der Waals surface area contributed by atoms with Crippen LogP contribution in [0.25, 0.3) is 0 Å². The van der Waals surface area contributed by atoms with Crippen molar-refractivity contribution in [2.45, 2.75) is 18.6 Å². The number of hydrogen-bond donors (Lipinski definition) is 2. The van der Waals surface area contributed by atoms with Crippen molar-refractivity contribution >= 4 is 11.9 Å². The van der Waals surface area contributed by atoms with Crippen molar-refractivity contribution in [3.05, 3.63) is 35.9 Å². The van der Waals surface area contributed by atoms with E-state index in [9.17, 15) is 14.7 Å². The fraction of sp³-hybridized carbons (Fsp3) is 0.333. The van der Waals surface area contributed by atoms with Gasteiger partial charge in [-0.25, -0.2) is 4.79 Å². The SMILES string of the molecule is O=C(O)[C@]1(O)CCN(Cc2ccccc2)C1=O. The van der Waals surface area contributed by atoms with Gasteiger partial charge in [0.1, 0.15) is 0 Å². The summed E-state index contributed by atoms with van der Waals surface area (Å²) in [5, 5.41) is 18.5. The summed E-state index contributed by atoms with van der Waals surface area (Å²) in [5.74, 6) is -2.20. The quantitative estimate of drug-likeness (QED) is 0.735. The van der Waals surface area contributed by atoms with Crippen LogP contribution in [0, 0.1) is 0 Å². The van der Waals surface area contributed by atoms with E-state index in [4.69, 9.17) is 5.11 Å². The molecule has 0 saturated carbocycles. The maximum atomic E-state index is 11.8. The predicted molar refractivity (Wildman–Crippen MR) is 59.1 cm³/mol. The molecule has 5 heteroatoms. The lowest BCUT2D eigenvalue weighted by Crippen LogP contribution is -2.46. The van der Waals surface area contributed by atoms with E-state index in [-0.39, 0.29) is 13.0 Å². The molecule has 0 aromatic heterocycles. The highest BCUT2D eigenvalue weighted by Crippen LogP contribution is 2.24. The second kappa shape index (κ2) is 4.18. The van der Waals surface area contributed by atoms with Crippen LogP contribution < -0.4 is 0 Å². The number of carbonyl (C=O) groups is 2. The van der Waals surface area contributed by atoms with Crippen molar-refractivity contribution in [2.24, 2.45) is 0 Å². The first kappa shape index (κ1) is 11.6. The average Bonchev–Trinajstić information content (AvgIpc) is 2.60. The zero-order valence-corrected chi connectivity index (χ0v) is 9.17. The van der Waals surface area contributed by atoms with Crippen molar-refractivity contribution in [1.29, 1.82) is 0 Å². The van der Waals surface area contributed by atoms with E-state index >= 15 is 0 Å². The second-order valence-electron chi connectivity index (χ2n) is 4.13. The number of carboxylic acids is 1. The normalized spacial score (nSPS) is 24.1. The van der Waals surface area contributed by atoms with E-state index in [1.165, 1.54) is 4.90 Å². The van der Waals surface area contributed by atoms with E-state index in [1.807, 2.05) is 30.3 Å². The molecule has 0 bridgehead atoms. The number of aliphatic hydroxyl groups is 1. The second-order valence-corrected chi connectivity index (χ2v) is 4.13. The molecule has 1 atom stereocenters. The van der Waals surface area contributed by atoms with Gasteiger partial charge < -0.3 is 15.1 Å². The maximum Gasteiger partial charge on any atom is 0.345 e. The van der Waals surface area contributed by atoms with Crippen LogP contribution in [0.4, 0.5) is 0 Å². The molecule has 17 heavy (non-hydrogen) atoms. The van der Waals surface area contributed by atoms with E-state index in [0.29, 0.717) is 6.54 Å². The van der Waals surface area contributed by atoms with Gasteiger partial charge in [0, 0.05) is 19.5 Å². The Morgan fingerprint density at radius 1 is 1.35 bits per heavy atom. The van der Waals surface area contributed by atoms with Gasteiger partial charge >= 0.3 is 5.97 Å². The van der Waals surface area contributed by atoms with E-state index in [1.54, 1.807) is 0 Å². The van der Waals surface area contributed by atoms with Crippen LogP contribution in [0.2, 0.25) is 0 Å². The molecule has 1 aromatic rings. The average molecular weight is 235 g/mol. The minimum atomic E-state index is -2.24. The van der Waals surface area contributed by atoms with E-state index in [2.05, 4.69) is 0 Å². The molecular formula is C12H13NO4. The summed E-state index contributed by atoms with van der Waals surface area (Å²) < 4.78 is 0. The van der Waals surface area contributed by atoms with E-state index in [0.717, 1.165) is 5.56 Å². The molecule has 2 rings (SSSR count). The number of carbonyl (C=O) groups excluding carboxylic acids is 1. The minimum Gasteiger partial charge on any atom is -0.479 e. The molecule has 1 heterocycles. The zero-order valence-electron chi connectivity index (χ0n) is 9.17. The highest BCUT2D eigenvalue weighted by atomic mass is 16.4. The highest BCUT2D eigenvalue weighted by Gasteiger charge is 2.51. The van der Waals surface area contributed by atoms with Crippen LogP contribution >= 0.6 is 0 Å². The number of amides is 1. The third-order valence-corrected chi connectivity index (χ3v) is 2.95. The van der Waals surface area contributed by atoms with Crippen molar-refractivity contribution < 1.29 is 19.8 Å². The Bertz CT molecular complexity index is 445. The van der Waals surface area contributed by atoms with Gasteiger partial charge in [-0.3, -0.25) is 4.79 Å². The Labute approximate surface area is 98.3 Å². The number of nitrogens with zero attached hydrogens (tertiary/aromatic N) is 1. The third-order valence-electron chi connectivity index (χ3n) is 2.95. The molecular weight excluding hydrogens is 222 g/mol. The fourth-order valence-electron chi connectivity index (χ4n) is 1.92. The lowest BCUT2D eigenvalue weighted by Gasteiger charge is -2.18. The van der Waals surface area contributed by atoms with Crippen molar-refractivity contribution in [3.8, 4) is 0 Å². The van der Waals surface area contributed by atoms with Crippen LogP contribution in [0.5, 0.6) is 0 Å². The van der Waals surface area contributed by atoms with Crippen LogP contribution in [0.15, 0.2) is 30.3 Å². The molecule has 90 valence electrons. The summed E-state index contributed by atoms with van der Waals surface area (Å²) in [7, 11) is 0. The molecule has 2 N–H and O–H groups in total. The van der Waals surface area contributed by atoms with Gasteiger partial charge in [0.25, 0.3) is 5.91 Å². The summed E-state index contributed by atoms with van der Waals surface area (Å²) in [4.78, 5) is 24.0. The minimum absolute atomic E-state index is 0.0615. The first-order valence-electron chi connectivity index (χ1n) is 5.33. The molecule has 0 aliphatic carbocycles. The monoisotopic (exact) mass is 235 g/mol. The summed E-state index contributed by atoms with van der Waals surface area (Å²) >= 11 is 0. The molecule has 1 aliphatic rings. The summed E-state index contributed by atoms with van der Waals surface area (Å²) in [5.41, 5.74) is -1.33. The molecule has 1 aromatic carbocycles. The zero-order chi connectivity index (χ0) is 12.5. The predicted octanol–water partition coefficient (Wildman–Crippen LogP) is 0.235. The van der Waals surface area contributed by atoms with Gasteiger partial charge in [0.05, 0.1) is 0 Å². The molecule has 1 aliphatic heterocycles. The molecule has 0 radical (unpaired) electrons. The molecule has 1 saturated heterocycles. The number of likely N-dealkylation sites (tertiary alicyclic amines) is 1. The summed E-state index contributed by atoms with van der Waals surface area (Å²) in [6, 6.07) is 9.26. The van der Waals surface area contributed by atoms with Gasteiger partial charge in [0.15, 0.2) is 0 Å². The van der Waals surface area contributed by atoms with Crippen molar-refractivity contribution in [1.82, 2.24) is 4.90 Å². The van der Waals surface area contributed by atoms with Gasteiger partial charge in [-0.1, -0.05) is 30.3 Å². The van der Waals surface area contributed by atoms with Crippen molar-refractivity contribution in [2.75, 3.05) is 6.54 Å². The third kappa shape index (κ3) is 2.01. The van der Waals surface area contributed by atoms with Crippen LogP contribution in [-0.4, -0.2) is 39.1 Å². The van der Waals surface area contributed by atoms with Gasteiger partial charge in [-0.2, -0.15) is 0 Å². The number of rotatable bonds is 3. The molecule has 0 spiro atoms. The number of aliphatic carboxylic acids is 1. The molecule has 1 amide bonds. The lowest BCUT2D eigenvalue weighted by atomic mass is 10.0. The van der Waals surface area contributed by atoms with E-state index < -0.39 is 17.5 Å². The number of hydrogen-bond acceptors (Lipinski definition) is 3. The van der Waals surface area contributed by atoms with Crippen LogP contribution in [-0.2, 0) is 16.1 Å². The first-order valence-corrected chi connectivity index (χ1v) is 5.33. The fourth-order valence-corrected chi connectivity index (χ4v) is 1.92. The van der Waals surface area contributed by atoms with Gasteiger partial charge in [-0.05, 0) is 5.56 Å². The number of carboxylic acid groups (broad SMARTS) is 1. The lowest BCUT2D eigenvalue weighted by molar-refractivity contribution is -0.166.